The number of nitrogens with zero attached hydrogens (tertiary/aromatic N) is 4. The van der Waals surface area contributed by atoms with Crippen LogP contribution in [0.2, 0.25) is 0 Å². The van der Waals surface area contributed by atoms with Gasteiger partial charge >= 0.3 is 0 Å². The minimum absolute atomic E-state index is 0.128. The molecule has 2 heterocycles. The van der Waals surface area contributed by atoms with Gasteiger partial charge in [-0.25, -0.2) is 9.97 Å². The first-order valence-corrected chi connectivity index (χ1v) is 9.13. The van der Waals surface area contributed by atoms with Crippen LogP contribution in [-0.2, 0) is 11.3 Å². The molecule has 0 atom stereocenters. The van der Waals surface area contributed by atoms with Crippen LogP contribution >= 0.6 is 0 Å². The molecule has 0 bridgehead atoms. The van der Waals surface area contributed by atoms with Crippen LogP contribution in [0.4, 0.5) is 5.82 Å². The molecular formula is C20H24N4O2. The van der Waals surface area contributed by atoms with Gasteiger partial charge in [-0.15, -0.1) is 0 Å². The van der Waals surface area contributed by atoms with Crippen LogP contribution in [0.15, 0.2) is 30.3 Å². The summed E-state index contributed by atoms with van der Waals surface area (Å²) in [6, 6.07) is 9.86. The minimum atomic E-state index is 0.128. The van der Waals surface area contributed by atoms with Gasteiger partial charge in [-0.3, -0.25) is 4.79 Å². The van der Waals surface area contributed by atoms with Crippen LogP contribution in [0.1, 0.15) is 35.8 Å². The standard InChI is InChI=1S/C20H24N4O2/c1-14-10-18(22-20(21-14)16-6-7-16)23-8-9-24(19(25)13-23)12-15-4-3-5-17(11-15)26-2/h3-5,10-11,16H,6-9,12-13H2,1-2H3. The first-order valence-electron chi connectivity index (χ1n) is 9.13. The Hall–Kier alpha value is -2.63. The Labute approximate surface area is 153 Å². The van der Waals surface area contributed by atoms with Crippen molar-refractivity contribution in [3.05, 3.63) is 47.4 Å². The molecule has 2 aromatic rings. The van der Waals surface area contributed by atoms with E-state index in [0.29, 0.717) is 25.6 Å². The molecule has 1 amide bonds. The lowest BCUT2D eigenvalue weighted by atomic mass is 10.2. The van der Waals surface area contributed by atoms with Crippen LogP contribution in [0.3, 0.4) is 0 Å². The summed E-state index contributed by atoms with van der Waals surface area (Å²) in [4.78, 5) is 25.9. The van der Waals surface area contributed by atoms with Crippen LogP contribution in [-0.4, -0.2) is 47.5 Å². The number of aromatic nitrogens is 2. The molecule has 0 radical (unpaired) electrons. The van der Waals surface area contributed by atoms with Gasteiger partial charge < -0.3 is 14.5 Å². The maximum Gasteiger partial charge on any atom is 0.242 e. The monoisotopic (exact) mass is 352 g/mol. The molecule has 136 valence electrons. The number of hydrogen-bond acceptors (Lipinski definition) is 5. The first kappa shape index (κ1) is 16.8. The largest absolute Gasteiger partial charge is 0.497 e. The number of rotatable bonds is 5. The fourth-order valence-corrected chi connectivity index (χ4v) is 3.32. The number of methoxy groups -OCH3 is 1. The van der Waals surface area contributed by atoms with Crippen molar-refractivity contribution in [3.63, 3.8) is 0 Å². The number of carbonyl (C=O) groups excluding carboxylic acids is 1. The summed E-state index contributed by atoms with van der Waals surface area (Å²) in [6.45, 7) is 4.45. The van der Waals surface area contributed by atoms with Gasteiger partial charge in [0.05, 0.1) is 13.7 Å². The van der Waals surface area contributed by atoms with Gasteiger partial charge in [-0.1, -0.05) is 12.1 Å². The molecule has 6 heteroatoms. The number of benzene rings is 1. The molecule has 1 aromatic carbocycles. The molecule has 0 spiro atoms. The summed E-state index contributed by atoms with van der Waals surface area (Å²) < 4.78 is 5.27. The molecule has 1 aliphatic carbocycles. The van der Waals surface area contributed by atoms with E-state index in [4.69, 9.17) is 9.72 Å². The average Bonchev–Trinajstić information content (AvgIpc) is 3.48. The lowest BCUT2D eigenvalue weighted by molar-refractivity contribution is -0.131. The Morgan fingerprint density at radius 1 is 1.19 bits per heavy atom. The molecule has 1 saturated carbocycles. The summed E-state index contributed by atoms with van der Waals surface area (Å²) in [5.41, 5.74) is 2.06. The Bertz CT molecular complexity index is 819. The number of hydrogen-bond donors (Lipinski definition) is 0. The molecule has 26 heavy (non-hydrogen) atoms. The third-order valence-corrected chi connectivity index (χ3v) is 4.95. The average molecular weight is 352 g/mol. The number of anilines is 1. The maximum atomic E-state index is 12.7. The number of amides is 1. The molecule has 6 nitrogen and oxygen atoms in total. The van der Waals surface area contributed by atoms with Crippen molar-refractivity contribution < 1.29 is 9.53 Å². The van der Waals surface area contributed by atoms with Gasteiger partial charge in [0.25, 0.3) is 0 Å². The summed E-state index contributed by atoms with van der Waals surface area (Å²) in [6.07, 6.45) is 2.35. The van der Waals surface area contributed by atoms with Crippen LogP contribution in [0, 0.1) is 6.92 Å². The highest BCUT2D eigenvalue weighted by atomic mass is 16.5. The Morgan fingerprint density at radius 3 is 2.77 bits per heavy atom. The third kappa shape index (κ3) is 3.64. The highest BCUT2D eigenvalue weighted by molar-refractivity contribution is 5.82. The van der Waals surface area contributed by atoms with E-state index in [1.54, 1.807) is 7.11 Å². The van der Waals surface area contributed by atoms with Crippen molar-refractivity contribution >= 4 is 11.7 Å². The zero-order chi connectivity index (χ0) is 18.1. The lowest BCUT2D eigenvalue weighted by Crippen LogP contribution is -2.50. The maximum absolute atomic E-state index is 12.7. The van der Waals surface area contributed by atoms with Crippen molar-refractivity contribution in [2.24, 2.45) is 0 Å². The normalized spacial score (nSPS) is 17.5. The zero-order valence-electron chi connectivity index (χ0n) is 15.3. The van der Waals surface area contributed by atoms with Gasteiger partial charge in [0.15, 0.2) is 0 Å². The smallest absolute Gasteiger partial charge is 0.242 e. The lowest BCUT2D eigenvalue weighted by Gasteiger charge is -2.35. The third-order valence-electron chi connectivity index (χ3n) is 4.95. The summed E-state index contributed by atoms with van der Waals surface area (Å²) in [5, 5.41) is 0. The topological polar surface area (TPSA) is 58.6 Å². The predicted molar refractivity (Wildman–Crippen MR) is 99.4 cm³/mol. The Morgan fingerprint density at radius 2 is 2.04 bits per heavy atom. The second-order valence-corrected chi connectivity index (χ2v) is 7.09. The molecule has 0 N–H and O–H groups in total. The molecule has 4 rings (SSSR count). The van der Waals surface area contributed by atoms with Gasteiger partial charge in [-0.2, -0.15) is 0 Å². The summed E-state index contributed by atoms with van der Waals surface area (Å²) in [5.74, 6) is 3.28. The number of aryl methyl sites for hydroxylation is 1. The highest BCUT2D eigenvalue weighted by Gasteiger charge is 2.29. The highest BCUT2D eigenvalue weighted by Crippen LogP contribution is 2.38. The summed E-state index contributed by atoms with van der Waals surface area (Å²) >= 11 is 0. The van der Waals surface area contributed by atoms with Crippen molar-refractivity contribution in [1.29, 1.82) is 0 Å². The van der Waals surface area contributed by atoms with E-state index in [9.17, 15) is 4.79 Å². The van der Waals surface area contributed by atoms with Gasteiger partial charge in [0.1, 0.15) is 17.4 Å². The van der Waals surface area contributed by atoms with Crippen LogP contribution < -0.4 is 9.64 Å². The molecule has 2 fully saturated rings. The second kappa shape index (κ2) is 6.94. The fourth-order valence-electron chi connectivity index (χ4n) is 3.32. The Kier molecular flexibility index (Phi) is 4.49. The fraction of sp³-hybridized carbons (Fsp3) is 0.450. The van der Waals surface area contributed by atoms with Gasteiger partial charge in [0.2, 0.25) is 5.91 Å². The van der Waals surface area contributed by atoms with Crippen molar-refractivity contribution in [1.82, 2.24) is 14.9 Å². The van der Waals surface area contributed by atoms with E-state index in [2.05, 4.69) is 9.88 Å². The SMILES string of the molecule is COc1cccc(CN2CCN(c3cc(C)nc(C4CC4)n3)CC2=O)c1. The van der Waals surface area contributed by atoms with Crippen molar-refractivity contribution in [3.8, 4) is 5.75 Å². The second-order valence-electron chi connectivity index (χ2n) is 7.09. The van der Waals surface area contributed by atoms with Crippen molar-refractivity contribution in [2.75, 3.05) is 31.6 Å². The molecular weight excluding hydrogens is 328 g/mol. The number of carbonyl (C=O) groups is 1. The zero-order valence-corrected chi connectivity index (χ0v) is 15.3. The molecule has 2 aliphatic rings. The van der Waals surface area contributed by atoms with E-state index in [-0.39, 0.29) is 5.91 Å². The van der Waals surface area contributed by atoms with Gasteiger partial charge in [0, 0.05) is 37.3 Å². The molecule has 1 saturated heterocycles. The molecule has 1 aliphatic heterocycles. The molecule has 0 unspecified atom stereocenters. The Balaban J connectivity index is 1.44. The van der Waals surface area contributed by atoms with Crippen molar-refractivity contribution in [2.45, 2.75) is 32.2 Å². The predicted octanol–water partition coefficient (Wildman–Crippen LogP) is 2.52. The van der Waals surface area contributed by atoms with Crippen LogP contribution in [0.5, 0.6) is 5.75 Å². The van der Waals surface area contributed by atoms with Gasteiger partial charge in [-0.05, 0) is 37.5 Å². The van der Waals surface area contributed by atoms with E-state index >= 15 is 0 Å². The quantitative estimate of drug-likeness (QED) is 0.828. The van der Waals surface area contributed by atoms with E-state index in [0.717, 1.165) is 35.2 Å². The summed E-state index contributed by atoms with van der Waals surface area (Å²) in [7, 11) is 1.66. The van der Waals surface area contributed by atoms with E-state index < -0.39 is 0 Å². The first-order chi connectivity index (χ1) is 12.6. The van der Waals surface area contributed by atoms with Crippen LogP contribution in [0.25, 0.3) is 0 Å². The van der Waals surface area contributed by atoms with E-state index in [1.807, 2.05) is 42.2 Å². The minimum Gasteiger partial charge on any atom is -0.497 e. The molecule has 1 aromatic heterocycles. The number of ether oxygens (including phenoxy) is 1. The number of piperazine rings is 1. The van der Waals surface area contributed by atoms with E-state index in [1.165, 1.54) is 12.8 Å².